The van der Waals surface area contributed by atoms with Crippen LogP contribution >= 0.6 is 0 Å². The molecule has 1 aromatic rings. The predicted molar refractivity (Wildman–Crippen MR) is 79.3 cm³/mol. The molecule has 0 aromatic heterocycles. The van der Waals surface area contributed by atoms with Crippen LogP contribution in [0, 0.1) is 5.92 Å². The number of nitrogens with zero attached hydrogens (tertiary/aromatic N) is 1. The number of benzene rings is 1. The molecule has 1 aliphatic heterocycles. The molecule has 3 nitrogen and oxygen atoms in total. The smallest absolute Gasteiger partial charge is 0.123 e. The van der Waals surface area contributed by atoms with Gasteiger partial charge in [-0.2, -0.15) is 0 Å². The molecule has 3 heteroatoms. The van der Waals surface area contributed by atoms with Gasteiger partial charge < -0.3 is 10.5 Å². The average molecular weight is 262 g/mol. The van der Waals surface area contributed by atoms with Gasteiger partial charge >= 0.3 is 0 Å². The molecule has 106 valence electrons. The lowest BCUT2D eigenvalue weighted by Gasteiger charge is -2.33. The van der Waals surface area contributed by atoms with E-state index < -0.39 is 0 Å². The Bertz CT molecular complexity index is 394. The Balaban J connectivity index is 2.12. The van der Waals surface area contributed by atoms with Crippen molar-refractivity contribution in [2.24, 2.45) is 11.7 Å². The Morgan fingerprint density at radius 1 is 1.37 bits per heavy atom. The molecule has 2 rings (SSSR count). The molecule has 0 saturated carbocycles. The highest BCUT2D eigenvalue weighted by molar-refractivity contribution is 5.33. The molecule has 0 aliphatic carbocycles. The highest BCUT2D eigenvalue weighted by Crippen LogP contribution is 2.25. The standard InChI is InChI=1S/C16H26N2O/c1-3-6-13(2)15(11-17)18-9-10-19-16-8-5-4-7-14(16)12-18/h4-5,7-8,13,15H,3,6,9-12,17H2,1-2H3. The van der Waals surface area contributed by atoms with Gasteiger partial charge in [-0.05, 0) is 18.4 Å². The maximum atomic E-state index is 6.02. The van der Waals surface area contributed by atoms with Crippen LogP contribution in [0.3, 0.4) is 0 Å². The number of hydrogen-bond donors (Lipinski definition) is 1. The van der Waals surface area contributed by atoms with Gasteiger partial charge in [-0.15, -0.1) is 0 Å². The lowest BCUT2D eigenvalue weighted by atomic mass is 9.95. The average Bonchev–Trinajstić information content (AvgIpc) is 2.62. The molecule has 2 unspecified atom stereocenters. The largest absolute Gasteiger partial charge is 0.492 e. The van der Waals surface area contributed by atoms with Crippen molar-refractivity contribution in [1.29, 1.82) is 0 Å². The van der Waals surface area contributed by atoms with E-state index in [1.807, 2.05) is 6.07 Å². The van der Waals surface area contributed by atoms with Crippen molar-refractivity contribution in [3.05, 3.63) is 29.8 Å². The number of para-hydroxylation sites is 1. The van der Waals surface area contributed by atoms with E-state index in [1.165, 1.54) is 18.4 Å². The number of nitrogens with two attached hydrogens (primary N) is 1. The predicted octanol–water partition coefficient (Wildman–Crippen LogP) is 2.64. The number of ether oxygens (including phenoxy) is 1. The summed E-state index contributed by atoms with van der Waals surface area (Å²) >= 11 is 0. The van der Waals surface area contributed by atoms with Crippen LogP contribution < -0.4 is 10.5 Å². The fraction of sp³-hybridized carbons (Fsp3) is 0.625. The highest BCUT2D eigenvalue weighted by atomic mass is 16.5. The quantitative estimate of drug-likeness (QED) is 0.886. The number of fused-ring (bicyclic) bond motifs is 1. The zero-order valence-corrected chi connectivity index (χ0v) is 12.1. The Morgan fingerprint density at radius 3 is 2.89 bits per heavy atom. The fourth-order valence-electron chi connectivity index (χ4n) is 3.02. The summed E-state index contributed by atoms with van der Waals surface area (Å²) in [4.78, 5) is 2.49. The van der Waals surface area contributed by atoms with Gasteiger partial charge in [-0.3, -0.25) is 4.90 Å². The molecule has 2 N–H and O–H groups in total. The van der Waals surface area contributed by atoms with Crippen molar-refractivity contribution in [1.82, 2.24) is 4.90 Å². The number of hydrogen-bond acceptors (Lipinski definition) is 3. The normalized spacial score (nSPS) is 19.1. The summed E-state index contributed by atoms with van der Waals surface area (Å²) < 4.78 is 5.83. The maximum Gasteiger partial charge on any atom is 0.123 e. The van der Waals surface area contributed by atoms with Gasteiger partial charge in [0.15, 0.2) is 0 Å². The molecule has 1 aromatic carbocycles. The Labute approximate surface area is 116 Å². The van der Waals surface area contributed by atoms with Crippen molar-refractivity contribution >= 4 is 0 Å². The minimum absolute atomic E-state index is 0.453. The van der Waals surface area contributed by atoms with Crippen LogP contribution in [-0.4, -0.2) is 30.6 Å². The summed E-state index contributed by atoms with van der Waals surface area (Å²) in [5.41, 5.74) is 7.30. The minimum atomic E-state index is 0.453. The molecule has 0 radical (unpaired) electrons. The summed E-state index contributed by atoms with van der Waals surface area (Å²) in [6.45, 7) is 7.95. The Kier molecular flexibility index (Phi) is 5.23. The third-order valence-corrected chi connectivity index (χ3v) is 4.09. The van der Waals surface area contributed by atoms with Crippen LogP contribution in [-0.2, 0) is 6.54 Å². The second-order valence-corrected chi connectivity index (χ2v) is 5.50. The maximum absolute atomic E-state index is 6.02. The van der Waals surface area contributed by atoms with Crippen molar-refractivity contribution < 1.29 is 4.74 Å². The molecule has 0 amide bonds. The first-order valence-corrected chi connectivity index (χ1v) is 7.41. The Morgan fingerprint density at radius 2 is 2.16 bits per heavy atom. The fourth-order valence-corrected chi connectivity index (χ4v) is 3.02. The van der Waals surface area contributed by atoms with Crippen LogP contribution in [0.5, 0.6) is 5.75 Å². The van der Waals surface area contributed by atoms with E-state index in [1.54, 1.807) is 0 Å². The molecule has 2 atom stereocenters. The lowest BCUT2D eigenvalue weighted by molar-refractivity contribution is 0.129. The Hall–Kier alpha value is -1.06. The van der Waals surface area contributed by atoms with Crippen LogP contribution in [0.4, 0.5) is 0 Å². The van der Waals surface area contributed by atoms with E-state index in [2.05, 4.69) is 36.9 Å². The molecule has 1 heterocycles. The molecule has 0 saturated heterocycles. The zero-order chi connectivity index (χ0) is 13.7. The second kappa shape index (κ2) is 6.92. The van der Waals surface area contributed by atoms with Gasteiger partial charge in [0.2, 0.25) is 0 Å². The van der Waals surface area contributed by atoms with Crippen LogP contribution in [0.25, 0.3) is 0 Å². The van der Waals surface area contributed by atoms with Crippen molar-refractivity contribution in [3.63, 3.8) is 0 Å². The summed E-state index contributed by atoms with van der Waals surface area (Å²) in [6.07, 6.45) is 2.46. The summed E-state index contributed by atoms with van der Waals surface area (Å²) in [6, 6.07) is 8.79. The van der Waals surface area contributed by atoms with Gasteiger partial charge in [0, 0.05) is 31.2 Å². The molecule has 19 heavy (non-hydrogen) atoms. The van der Waals surface area contributed by atoms with Gasteiger partial charge in [0.05, 0.1) is 0 Å². The molecule has 0 bridgehead atoms. The van der Waals surface area contributed by atoms with E-state index in [0.29, 0.717) is 12.0 Å². The SMILES string of the molecule is CCCC(C)C(CN)N1CCOc2ccccc2C1. The zero-order valence-electron chi connectivity index (χ0n) is 12.1. The van der Waals surface area contributed by atoms with Gasteiger partial charge in [0.25, 0.3) is 0 Å². The molecule has 0 fully saturated rings. The first kappa shape index (κ1) is 14.4. The van der Waals surface area contributed by atoms with E-state index in [9.17, 15) is 0 Å². The molecular weight excluding hydrogens is 236 g/mol. The first-order valence-electron chi connectivity index (χ1n) is 7.41. The second-order valence-electron chi connectivity index (χ2n) is 5.50. The number of rotatable bonds is 5. The topological polar surface area (TPSA) is 38.5 Å². The lowest BCUT2D eigenvalue weighted by Crippen LogP contribution is -2.45. The summed E-state index contributed by atoms with van der Waals surface area (Å²) in [7, 11) is 0. The van der Waals surface area contributed by atoms with Crippen LogP contribution in [0.15, 0.2) is 24.3 Å². The van der Waals surface area contributed by atoms with E-state index in [4.69, 9.17) is 10.5 Å². The van der Waals surface area contributed by atoms with E-state index in [-0.39, 0.29) is 0 Å². The van der Waals surface area contributed by atoms with Crippen molar-refractivity contribution in [3.8, 4) is 5.75 Å². The van der Waals surface area contributed by atoms with Gasteiger partial charge in [-0.25, -0.2) is 0 Å². The van der Waals surface area contributed by atoms with E-state index in [0.717, 1.165) is 32.0 Å². The minimum Gasteiger partial charge on any atom is -0.492 e. The first-order chi connectivity index (χ1) is 9.26. The van der Waals surface area contributed by atoms with Crippen LogP contribution in [0.1, 0.15) is 32.3 Å². The van der Waals surface area contributed by atoms with Gasteiger partial charge in [-0.1, -0.05) is 38.5 Å². The van der Waals surface area contributed by atoms with Crippen molar-refractivity contribution in [2.75, 3.05) is 19.7 Å². The van der Waals surface area contributed by atoms with Crippen molar-refractivity contribution in [2.45, 2.75) is 39.3 Å². The molecule has 0 spiro atoms. The highest BCUT2D eigenvalue weighted by Gasteiger charge is 2.25. The molecular formula is C16H26N2O. The third kappa shape index (κ3) is 3.48. The van der Waals surface area contributed by atoms with E-state index >= 15 is 0 Å². The monoisotopic (exact) mass is 262 g/mol. The molecule has 1 aliphatic rings. The third-order valence-electron chi connectivity index (χ3n) is 4.09. The summed E-state index contributed by atoms with van der Waals surface area (Å²) in [5, 5.41) is 0. The van der Waals surface area contributed by atoms with Crippen LogP contribution in [0.2, 0.25) is 0 Å². The summed E-state index contributed by atoms with van der Waals surface area (Å²) in [5.74, 6) is 1.67. The van der Waals surface area contributed by atoms with Gasteiger partial charge in [0.1, 0.15) is 12.4 Å².